The molecule has 3 heteroatoms. The fourth-order valence-corrected chi connectivity index (χ4v) is 8.95. The van der Waals surface area contributed by atoms with Gasteiger partial charge in [-0.2, -0.15) is 0 Å². The van der Waals surface area contributed by atoms with E-state index in [0.29, 0.717) is 0 Å². The molecule has 0 aliphatic heterocycles. The Kier molecular flexibility index (Phi) is 5.23. The molecule has 9 aromatic carbocycles. The third kappa shape index (κ3) is 3.52. The lowest BCUT2D eigenvalue weighted by molar-refractivity contribution is 0.670. The number of fused-ring (bicyclic) bond motifs is 10. The molecule has 0 saturated carbocycles. The molecule has 0 N–H and O–H groups in total. The second-order valence-electron chi connectivity index (χ2n) is 13.6. The van der Waals surface area contributed by atoms with Crippen LogP contribution in [0.15, 0.2) is 174 Å². The lowest BCUT2D eigenvalue weighted by Crippen LogP contribution is -1.98. The summed E-state index contributed by atoms with van der Waals surface area (Å²) in [5, 5.41) is 12.4. The largest absolute Gasteiger partial charge is 0.455 e. The van der Waals surface area contributed by atoms with Crippen LogP contribution < -0.4 is 0 Å². The van der Waals surface area contributed by atoms with E-state index in [1.54, 1.807) is 0 Å². The zero-order chi connectivity index (χ0) is 33.2. The van der Waals surface area contributed by atoms with Gasteiger partial charge in [0.1, 0.15) is 11.2 Å². The average Bonchev–Trinajstić information content (AvgIpc) is 3.86. The first kappa shape index (κ1) is 27.0. The first-order valence-corrected chi connectivity index (χ1v) is 17.5. The Morgan fingerprint density at radius 3 is 1.49 bits per heavy atom. The first-order valence-electron chi connectivity index (χ1n) is 17.5. The molecule has 0 amide bonds. The van der Waals surface area contributed by atoms with Crippen molar-refractivity contribution in [3.63, 3.8) is 0 Å². The molecular formula is C48H28N2O. The van der Waals surface area contributed by atoms with Gasteiger partial charge in [-0.3, -0.25) is 0 Å². The Labute approximate surface area is 292 Å². The molecule has 0 radical (unpaired) electrons. The molecule has 12 rings (SSSR count). The summed E-state index contributed by atoms with van der Waals surface area (Å²) in [4.78, 5) is 0. The van der Waals surface area contributed by atoms with Crippen molar-refractivity contribution in [1.82, 2.24) is 9.13 Å². The number of rotatable bonds is 3. The first-order chi connectivity index (χ1) is 25.3. The van der Waals surface area contributed by atoms with Gasteiger partial charge in [0.15, 0.2) is 0 Å². The molecule has 0 fully saturated rings. The van der Waals surface area contributed by atoms with Gasteiger partial charge in [0.25, 0.3) is 0 Å². The predicted octanol–water partition coefficient (Wildman–Crippen LogP) is 13.2. The van der Waals surface area contributed by atoms with E-state index in [9.17, 15) is 0 Å². The summed E-state index contributed by atoms with van der Waals surface area (Å²) in [6.45, 7) is 0. The van der Waals surface area contributed by atoms with Gasteiger partial charge in [-0.25, -0.2) is 0 Å². The van der Waals surface area contributed by atoms with E-state index in [4.69, 9.17) is 4.42 Å². The van der Waals surface area contributed by atoms with Crippen LogP contribution in [0.2, 0.25) is 0 Å². The van der Waals surface area contributed by atoms with Crippen LogP contribution in [0.1, 0.15) is 0 Å². The Balaban J connectivity index is 1.13. The van der Waals surface area contributed by atoms with Gasteiger partial charge in [-0.1, -0.05) is 121 Å². The maximum Gasteiger partial charge on any atom is 0.143 e. The highest BCUT2D eigenvalue weighted by Crippen LogP contribution is 2.46. The highest BCUT2D eigenvalue weighted by atomic mass is 16.3. The average molecular weight is 649 g/mol. The monoisotopic (exact) mass is 648 g/mol. The third-order valence-electron chi connectivity index (χ3n) is 11.1. The number of hydrogen-bond donors (Lipinski definition) is 0. The van der Waals surface area contributed by atoms with Crippen molar-refractivity contribution in [2.45, 2.75) is 0 Å². The zero-order valence-corrected chi connectivity index (χ0v) is 27.5. The van der Waals surface area contributed by atoms with Crippen LogP contribution in [0.4, 0.5) is 0 Å². The van der Waals surface area contributed by atoms with Gasteiger partial charge in [0, 0.05) is 49.3 Å². The number of hydrogen-bond acceptors (Lipinski definition) is 1. The summed E-state index contributed by atoms with van der Waals surface area (Å²) in [5.41, 5.74) is 11.2. The van der Waals surface area contributed by atoms with Crippen molar-refractivity contribution >= 4 is 87.1 Å². The van der Waals surface area contributed by atoms with Crippen molar-refractivity contribution in [2.75, 3.05) is 0 Å². The van der Waals surface area contributed by atoms with E-state index in [0.717, 1.165) is 33.7 Å². The van der Waals surface area contributed by atoms with Crippen LogP contribution in [-0.4, -0.2) is 9.13 Å². The summed E-state index contributed by atoms with van der Waals surface area (Å²) in [5.74, 6) is 0. The molecule has 0 saturated heterocycles. The van der Waals surface area contributed by atoms with Gasteiger partial charge in [0.2, 0.25) is 0 Å². The third-order valence-corrected chi connectivity index (χ3v) is 11.1. The van der Waals surface area contributed by atoms with Gasteiger partial charge < -0.3 is 13.6 Å². The molecule has 0 bridgehead atoms. The Morgan fingerprint density at radius 1 is 0.333 bits per heavy atom. The van der Waals surface area contributed by atoms with Crippen molar-refractivity contribution in [1.29, 1.82) is 0 Å². The summed E-state index contributed by atoms with van der Waals surface area (Å²) in [6.07, 6.45) is 0. The molecule has 0 aliphatic rings. The topological polar surface area (TPSA) is 23.0 Å². The quantitative estimate of drug-likeness (QED) is 0.175. The van der Waals surface area contributed by atoms with Gasteiger partial charge in [-0.05, 0) is 75.6 Å². The van der Waals surface area contributed by atoms with Gasteiger partial charge in [-0.15, -0.1) is 0 Å². The number of aromatic nitrogens is 2. The molecule has 0 spiro atoms. The summed E-state index contributed by atoms with van der Waals surface area (Å²) >= 11 is 0. The maximum atomic E-state index is 6.71. The van der Waals surface area contributed by atoms with Crippen LogP contribution in [-0.2, 0) is 0 Å². The molecule has 51 heavy (non-hydrogen) atoms. The minimum atomic E-state index is 0.936. The lowest BCUT2D eigenvalue weighted by Gasteiger charge is -2.13. The fourth-order valence-electron chi connectivity index (χ4n) is 8.95. The van der Waals surface area contributed by atoms with E-state index in [2.05, 4.69) is 179 Å². The fraction of sp³-hybridized carbons (Fsp3) is 0. The summed E-state index contributed by atoms with van der Waals surface area (Å²) in [6, 6.07) is 61.6. The number of benzene rings is 9. The maximum absolute atomic E-state index is 6.71. The van der Waals surface area contributed by atoms with Crippen molar-refractivity contribution < 1.29 is 4.42 Å². The number of nitrogens with zero attached hydrogens (tertiary/aromatic N) is 2. The molecule has 0 aliphatic carbocycles. The van der Waals surface area contributed by atoms with Crippen LogP contribution in [0.25, 0.3) is 110 Å². The van der Waals surface area contributed by atoms with E-state index in [1.807, 2.05) is 0 Å². The van der Waals surface area contributed by atoms with Crippen molar-refractivity contribution in [2.24, 2.45) is 0 Å². The molecular weight excluding hydrogens is 621 g/mol. The van der Waals surface area contributed by atoms with E-state index >= 15 is 0 Å². The van der Waals surface area contributed by atoms with Crippen molar-refractivity contribution in [3.05, 3.63) is 170 Å². The second kappa shape index (κ2) is 9.87. The summed E-state index contributed by atoms with van der Waals surface area (Å²) in [7, 11) is 0. The Hall–Kier alpha value is -6.84. The van der Waals surface area contributed by atoms with E-state index in [-0.39, 0.29) is 0 Å². The number of furan rings is 1. The molecule has 3 heterocycles. The van der Waals surface area contributed by atoms with E-state index in [1.165, 1.54) is 75.9 Å². The summed E-state index contributed by atoms with van der Waals surface area (Å²) < 4.78 is 11.6. The SMILES string of the molecule is c1ccc(-n2c3ccccc3c3ccc4c5ccccc5n(-c5ccc(-c6ccc7c8ccccc8c8cccc9oc6c7c98)cc5)c4c32)cc1. The highest BCUT2D eigenvalue weighted by molar-refractivity contribution is 6.34. The van der Waals surface area contributed by atoms with Crippen LogP contribution in [0.5, 0.6) is 0 Å². The van der Waals surface area contributed by atoms with Crippen LogP contribution >= 0.6 is 0 Å². The van der Waals surface area contributed by atoms with Gasteiger partial charge >= 0.3 is 0 Å². The normalized spacial score (nSPS) is 12.3. The lowest BCUT2D eigenvalue weighted by atomic mass is 9.92. The Bertz CT molecular complexity index is 3340. The van der Waals surface area contributed by atoms with Crippen LogP contribution in [0.3, 0.4) is 0 Å². The van der Waals surface area contributed by atoms with Crippen molar-refractivity contribution in [3.8, 4) is 22.5 Å². The smallest absolute Gasteiger partial charge is 0.143 e. The molecule has 0 atom stereocenters. The molecule has 3 aromatic heterocycles. The van der Waals surface area contributed by atoms with Gasteiger partial charge in [0.05, 0.1) is 22.1 Å². The molecule has 3 nitrogen and oxygen atoms in total. The highest BCUT2D eigenvalue weighted by Gasteiger charge is 2.22. The predicted molar refractivity (Wildman–Crippen MR) is 214 cm³/mol. The molecule has 12 aromatic rings. The Morgan fingerprint density at radius 2 is 0.843 bits per heavy atom. The molecule has 0 unspecified atom stereocenters. The zero-order valence-electron chi connectivity index (χ0n) is 27.5. The standard InChI is InChI=1S/C48H28N2O/c1-2-11-30(12-3-1)49-41-18-8-6-15-35(41)39-27-28-40-36-16-7-9-19-42(36)50(47(40)46(39)49)31-23-21-29(22-24-31)32-25-26-38-34-14-5-4-13-33(34)37-17-10-20-43-44(37)45(38)48(32)51-43/h1-28H. The minimum Gasteiger partial charge on any atom is -0.455 e. The van der Waals surface area contributed by atoms with Crippen LogP contribution in [0, 0.1) is 0 Å². The minimum absolute atomic E-state index is 0.936. The van der Waals surface area contributed by atoms with E-state index < -0.39 is 0 Å². The molecule has 236 valence electrons. The second-order valence-corrected chi connectivity index (χ2v) is 13.6. The number of para-hydroxylation sites is 3.